The number of thiazole rings is 1. The molecule has 0 spiro atoms. The van der Waals surface area contributed by atoms with E-state index in [1.165, 1.54) is 6.20 Å². The van der Waals surface area contributed by atoms with E-state index in [0.29, 0.717) is 10.0 Å². The number of amides is 1. The third-order valence-electron chi connectivity index (χ3n) is 2.25. The van der Waals surface area contributed by atoms with Crippen molar-refractivity contribution >= 4 is 22.6 Å². The summed E-state index contributed by atoms with van der Waals surface area (Å²) < 4.78 is 5.09. The second-order valence-corrected chi connectivity index (χ2v) is 6.35. The van der Waals surface area contributed by atoms with Crippen LogP contribution in [0.15, 0.2) is 6.20 Å². The van der Waals surface area contributed by atoms with Gasteiger partial charge in [0.2, 0.25) is 0 Å². The van der Waals surface area contributed by atoms with Crippen molar-refractivity contribution in [1.29, 1.82) is 0 Å². The van der Waals surface area contributed by atoms with Crippen molar-refractivity contribution in [1.82, 2.24) is 4.98 Å². The minimum atomic E-state index is -1.06. The quantitative estimate of drug-likeness (QED) is 0.650. The van der Waals surface area contributed by atoms with E-state index in [1.807, 2.05) is 0 Å². The molecule has 2 unspecified atom stereocenters. The predicted octanol–water partition coefficient (Wildman–Crippen LogP) is 1.23. The maximum absolute atomic E-state index is 11.5. The van der Waals surface area contributed by atoms with E-state index >= 15 is 0 Å². The van der Waals surface area contributed by atoms with Crippen LogP contribution in [0.2, 0.25) is 0 Å². The molecule has 0 aliphatic rings. The van der Waals surface area contributed by atoms with Gasteiger partial charge in [-0.25, -0.2) is 9.78 Å². The Labute approximate surface area is 121 Å². The van der Waals surface area contributed by atoms with Crippen LogP contribution in [0.25, 0.3) is 0 Å². The lowest BCUT2D eigenvalue weighted by atomic mass is 10.1. The van der Waals surface area contributed by atoms with Crippen LogP contribution in [0.4, 0.5) is 9.93 Å². The first-order valence-electron chi connectivity index (χ1n) is 6.25. The number of nitrogens with two attached hydrogens (primary N) is 1. The molecular formula is C12H21N3O4S. The smallest absolute Gasteiger partial charge is 0.413 e. The molecule has 0 aromatic carbocycles. The van der Waals surface area contributed by atoms with Gasteiger partial charge in [0.15, 0.2) is 5.13 Å². The average molecular weight is 303 g/mol. The van der Waals surface area contributed by atoms with Crippen molar-refractivity contribution in [2.75, 3.05) is 11.9 Å². The summed E-state index contributed by atoms with van der Waals surface area (Å²) in [6.07, 6.45) is -0.939. The fourth-order valence-electron chi connectivity index (χ4n) is 1.39. The number of carbonyl (C=O) groups is 1. The molecule has 1 rings (SSSR count). The zero-order chi connectivity index (χ0) is 15.3. The summed E-state index contributed by atoms with van der Waals surface area (Å²) in [5.41, 5.74) is 4.72. The van der Waals surface area contributed by atoms with Crippen molar-refractivity contribution in [3.63, 3.8) is 0 Å². The van der Waals surface area contributed by atoms with Crippen LogP contribution >= 0.6 is 11.3 Å². The van der Waals surface area contributed by atoms with Crippen molar-refractivity contribution in [2.24, 2.45) is 5.73 Å². The first-order chi connectivity index (χ1) is 9.23. The lowest BCUT2D eigenvalue weighted by Gasteiger charge is -2.19. The number of aliphatic hydroxyl groups excluding tert-OH is 2. The molecule has 0 saturated carbocycles. The monoisotopic (exact) mass is 303 g/mol. The molecule has 5 N–H and O–H groups in total. The fourth-order valence-corrected chi connectivity index (χ4v) is 2.24. The van der Waals surface area contributed by atoms with E-state index in [9.17, 15) is 15.0 Å². The molecule has 7 nitrogen and oxygen atoms in total. The van der Waals surface area contributed by atoms with E-state index in [1.54, 1.807) is 20.8 Å². The van der Waals surface area contributed by atoms with Gasteiger partial charge in [-0.3, -0.25) is 5.32 Å². The molecule has 1 aromatic rings. The molecule has 0 aliphatic heterocycles. The zero-order valence-electron chi connectivity index (χ0n) is 11.8. The molecule has 0 fully saturated rings. The Morgan fingerprint density at radius 3 is 2.75 bits per heavy atom. The number of rotatable bonds is 5. The van der Waals surface area contributed by atoms with Gasteiger partial charge in [-0.05, 0) is 33.7 Å². The summed E-state index contributed by atoms with van der Waals surface area (Å²) in [5, 5.41) is 22.3. The number of hydrogen-bond acceptors (Lipinski definition) is 7. The summed E-state index contributed by atoms with van der Waals surface area (Å²) >= 11 is 1.08. The molecule has 1 heterocycles. The molecule has 114 valence electrons. The summed E-state index contributed by atoms with van der Waals surface area (Å²) in [6.45, 7) is 5.55. The second kappa shape index (κ2) is 6.98. The molecular weight excluding hydrogens is 282 g/mol. The Balaban J connectivity index is 2.61. The van der Waals surface area contributed by atoms with Crippen LogP contribution in [0.3, 0.4) is 0 Å². The minimum absolute atomic E-state index is 0.278. The third-order valence-corrected chi connectivity index (χ3v) is 3.23. The van der Waals surface area contributed by atoms with Gasteiger partial charge in [0.25, 0.3) is 0 Å². The Bertz CT molecular complexity index is 444. The summed E-state index contributed by atoms with van der Waals surface area (Å²) in [5.74, 6) is 0. The molecule has 2 atom stereocenters. The number of anilines is 1. The number of nitrogens with zero attached hydrogens (tertiary/aromatic N) is 1. The third kappa shape index (κ3) is 5.41. The van der Waals surface area contributed by atoms with Gasteiger partial charge < -0.3 is 20.7 Å². The number of nitrogens with one attached hydrogen (secondary N) is 1. The van der Waals surface area contributed by atoms with Gasteiger partial charge in [0, 0.05) is 6.20 Å². The molecule has 0 aliphatic carbocycles. The van der Waals surface area contributed by atoms with Gasteiger partial charge in [-0.2, -0.15) is 0 Å². The highest BCUT2D eigenvalue weighted by atomic mass is 32.1. The maximum atomic E-state index is 11.5. The highest BCUT2D eigenvalue weighted by molar-refractivity contribution is 7.15. The molecule has 1 amide bonds. The Morgan fingerprint density at radius 1 is 1.55 bits per heavy atom. The Morgan fingerprint density at radius 2 is 2.20 bits per heavy atom. The van der Waals surface area contributed by atoms with Crippen LogP contribution < -0.4 is 11.1 Å². The van der Waals surface area contributed by atoms with E-state index < -0.39 is 23.9 Å². The molecule has 8 heteroatoms. The molecule has 20 heavy (non-hydrogen) atoms. The number of aromatic nitrogens is 1. The van der Waals surface area contributed by atoms with E-state index in [-0.39, 0.29) is 13.0 Å². The van der Waals surface area contributed by atoms with Crippen molar-refractivity contribution in [3.8, 4) is 0 Å². The van der Waals surface area contributed by atoms with Gasteiger partial charge >= 0.3 is 6.09 Å². The fraction of sp³-hybridized carbons (Fsp3) is 0.667. The standard InChI is InChI=1S/C12H21N3O4S/c1-12(2,3)19-11(18)15-10-14-6-8(20-10)9(17)7(16)4-5-13/h6-7,9,16-17H,4-5,13H2,1-3H3,(H,14,15,18). The SMILES string of the molecule is CC(C)(C)OC(=O)Nc1ncc(C(O)C(O)CCN)s1. The van der Waals surface area contributed by atoms with Crippen LogP contribution in [0.1, 0.15) is 38.2 Å². The molecule has 0 bridgehead atoms. The summed E-state index contributed by atoms with van der Waals surface area (Å²) in [6, 6.07) is 0. The van der Waals surface area contributed by atoms with Gasteiger partial charge in [-0.1, -0.05) is 11.3 Å². The van der Waals surface area contributed by atoms with Gasteiger partial charge in [0.05, 0.1) is 11.0 Å². The van der Waals surface area contributed by atoms with Crippen molar-refractivity contribution in [3.05, 3.63) is 11.1 Å². The van der Waals surface area contributed by atoms with Crippen LogP contribution in [0.5, 0.6) is 0 Å². The Kier molecular flexibility index (Phi) is 5.88. The normalized spacial score (nSPS) is 14.7. The summed E-state index contributed by atoms with van der Waals surface area (Å²) in [4.78, 5) is 16.0. The largest absolute Gasteiger partial charge is 0.444 e. The number of aliphatic hydroxyl groups is 2. The molecule has 0 radical (unpaired) electrons. The number of ether oxygens (including phenoxy) is 1. The van der Waals surface area contributed by atoms with Crippen molar-refractivity contribution < 1.29 is 19.7 Å². The minimum Gasteiger partial charge on any atom is -0.444 e. The number of carbonyl (C=O) groups excluding carboxylic acids is 1. The van der Waals surface area contributed by atoms with Crippen LogP contribution in [-0.4, -0.2) is 39.5 Å². The lowest BCUT2D eigenvalue weighted by Crippen LogP contribution is -2.27. The topological polar surface area (TPSA) is 118 Å². The van der Waals surface area contributed by atoms with Gasteiger partial charge in [0.1, 0.15) is 11.7 Å². The van der Waals surface area contributed by atoms with E-state index in [2.05, 4.69) is 10.3 Å². The average Bonchev–Trinajstić information content (AvgIpc) is 2.74. The Hall–Kier alpha value is -1.22. The van der Waals surface area contributed by atoms with Crippen LogP contribution in [-0.2, 0) is 4.74 Å². The van der Waals surface area contributed by atoms with E-state index in [4.69, 9.17) is 10.5 Å². The predicted molar refractivity (Wildman–Crippen MR) is 76.6 cm³/mol. The first kappa shape index (κ1) is 16.8. The number of hydrogen-bond donors (Lipinski definition) is 4. The van der Waals surface area contributed by atoms with Gasteiger partial charge in [-0.15, -0.1) is 0 Å². The zero-order valence-corrected chi connectivity index (χ0v) is 12.6. The highest BCUT2D eigenvalue weighted by Crippen LogP contribution is 2.27. The maximum Gasteiger partial charge on any atom is 0.413 e. The van der Waals surface area contributed by atoms with E-state index in [0.717, 1.165) is 11.3 Å². The van der Waals surface area contributed by atoms with Crippen LogP contribution in [0, 0.1) is 0 Å². The molecule has 1 aromatic heterocycles. The second-order valence-electron chi connectivity index (χ2n) is 5.28. The lowest BCUT2D eigenvalue weighted by molar-refractivity contribution is 0.0170. The molecule has 0 saturated heterocycles. The summed E-state index contributed by atoms with van der Waals surface area (Å²) in [7, 11) is 0. The first-order valence-corrected chi connectivity index (χ1v) is 7.06. The van der Waals surface area contributed by atoms with Crippen molar-refractivity contribution in [2.45, 2.75) is 45.0 Å². The highest BCUT2D eigenvalue weighted by Gasteiger charge is 2.22.